The Kier molecular flexibility index (Phi) is 5.17. The lowest BCUT2D eigenvalue weighted by atomic mass is 10.2. The van der Waals surface area contributed by atoms with Crippen molar-refractivity contribution in [1.29, 1.82) is 0 Å². The molecule has 0 bridgehead atoms. The molecule has 0 atom stereocenters. The highest BCUT2D eigenvalue weighted by atomic mass is 32.2. The Labute approximate surface area is 157 Å². The second-order valence-corrected chi connectivity index (χ2v) is 8.94. The summed E-state index contributed by atoms with van der Waals surface area (Å²) in [5.41, 5.74) is 1.47. The lowest BCUT2D eigenvalue weighted by Gasteiger charge is -2.19. The first-order valence-corrected chi connectivity index (χ1v) is 10.2. The van der Waals surface area contributed by atoms with Crippen LogP contribution in [0.1, 0.15) is 10.6 Å². The SMILES string of the molecule is COc1cc(C)c(S(=O)(=O)N(C)Cc2nc3ccccc3s2)cc1OC. The molecule has 2 aromatic carbocycles. The molecule has 0 fully saturated rings. The predicted molar refractivity (Wildman–Crippen MR) is 103 cm³/mol. The van der Waals surface area contributed by atoms with E-state index in [1.165, 1.54) is 35.9 Å². The van der Waals surface area contributed by atoms with Crippen LogP contribution in [0.3, 0.4) is 0 Å². The van der Waals surface area contributed by atoms with Gasteiger partial charge in [0.2, 0.25) is 10.0 Å². The molecule has 0 spiro atoms. The smallest absolute Gasteiger partial charge is 0.243 e. The van der Waals surface area contributed by atoms with E-state index >= 15 is 0 Å². The zero-order chi connectivity index (χ0) is 18.9. The third kappa shape index (κ3) is 3.40. The van der Waals surface area contributed by atoms with E-state index in [0.29, 0.717) is 17.1 Å². The van der Waals surface area contributed by atoms with E-state index in [9.17, 15) is 8.42 Å². The van der Waals surface area contributed by atoms with Crippen LogP contribution < -0.4 is 9.47 Å². The van der Waals surface area contributed by atoms with Crippen LogP contribution in [0.4, 0.5) is 0 Å². The van der Waals surface area contributed by atoms with Crippen LogP contribution in [-0.2, 0) is 16.6 Å². The number of hydrogen-bond acceptors (Lipinski definition) is 6. The molecule has 8 heteroatoms. The lowest BCUT2D eigenvalue weighted by molar-refractivity contribution is 0.353. The average Bonchev–Trinajstić information content (AvgIpc) is 3.03. The minimum Gasteiger partial charge on any atom is -0.493 e. The van der Waals surface area contributed by atoms with Crippen LogP contribution >= 0.6 is 11.3 Å². The summed E-state index contributed by atoms with van der Waals surface area (Å²) in [7, 11) is 0.854. The topological polar surface area (TPSA) is 68.7 Å². The van der Waals surface area contributed by atoms with E-state index in [0.717, 1.165) is 15.2 Å². The number of sulfonamides is 1. The predicted octanol–water partition coefficient (Wildman–Crippen LogP) is 3.44. The Morgan fingerprint density at radius 2 is 1.77 bits per heavy atom. The fraction of sp³-hybridized carbons (Fsp3) is 0.278. The number of aromatic nitrogens is 1. The highest BCUT2D eigenvalue weighted by Gasteiger charge is 2.26. The van der Waals surface area contributed by atoms with Crippen molar-refractivity contribution in [2.45, 2.75) is 18.4 Å². The van der Waals surface area contributed by atoms with Crippen LogP contribution in [0.2, 0.25) is 0 Å². The summed E-state index contributed by atoms with van der Waals surface area (Å²) >= 11 is 1.49. The highest BCUT2D eigenvalue weighted by molar-refractivity contribution is 7.89. The first-order chi connectivity index (χ1) is 12.4. The molecule has 0 unspecified atom stereocenters. The van der Waals surface area contributed by atoms with Crippen molar-refractivity contribution in [3.05, 3.63) is 47.0 Å². The van der Waals surface area contributed by atoms with E-state index < -0.39 is 10.0 Å². The molecule has 0 aliphatic heterocycles. The number of ether oxygens (including phenoxy) is 2. The molecule has 0 N–H and O–H groups in total. The van der Waals surface area contributed by atoms with Gasteiger partial charge in [-0.25, -0.2) is 13.4 Å². The van der Waals surface area contributed by atoms with Gasteiger partial charge in [0.1, 0.15) is 5.01 Å². The molecule has 1 heterocycles. The van der Waals surface area contributed by atoms with Gasteiger partial charge in [-0.15, -0.1) is 11.3 Å². The molecule has 3 rings (SSSR count). The molecule has 6 nitrogen and oxygen atoms in total. The van der Waals surface area contributed by atoms with Gasteiger partial charge >= 0.3 is 0 Å². The van der Waals surface area contributed by atoms with E-state index in [-0.39, 0.29) is 11.4 Å². The third-order valence-electron chi connectivity index (χ3n) is 4.07. The van der Waals surface area contributed by atoms with Gasteiger partial charge in [-0.1, -0.05) is 12.1 Å². The van der Waals surface area contributed by atoms with E-state index in [2.05, 4.69) is 4.98 Å². The fourth-order valence-corrected chi connectivity index (χ4v) is 5.12. The maximum Gasteiger partial charge on any atom is 0.243 e. The third-order valence-corrected chi connectivity index (χ3v) is 7.03. The maximum atomic E-state index is 13.0. The summed E-state index contributed by atoms with van der Waals surface area (Å²) in [6.45, 7) is 1.94. The number of fused-ring (bicyclic) bond motifs is 1. The van der Waals surface area contributed by atoms with Gasteiger partial charge in [-0.2, -0.15) is 4.31 Å². The average molecular weight is 393 g/mol. The van der Waals surface area contributed by atoms with Gasteiger partial charge in [-0.05, 0) is 30.7 Å². The van der Waals surface area contributed by atoms with Crippen LogP contribution in [0.15, 0.2) is 41.3 Å². The Morgan fingerprint density at radius 1 is 1.12 bits per heavy atom. The van der Waals surface area contributed by atoms with Crippen LogP contribution in [-0.4, -0.2) is 39.0 Å². The van der Waals surface area contributed by atoms with Crippen molar-refractivity contribution >= 4 is 31.6 Å². The normalized spacial score (nSPS) is 11.9. The first-order valence-electron chi connectivity index (χ1n) is 7.90. The summed E-state index contributed by atoms with van der Waals surface area (Å²) in [6, 6.07) is 10.9. The number of benzene rings is 2. The summed E-state index contributed by atoms with van der Waals surface area (Å²) in [5, 5.41) is 0.746. The molecule has 1 aromatic heterocycles. The van der Waals surface area contributed by atoms with Gasteiger partial charge in [0, 0.05) is 13.1 Å². The molecule has 0 saturated carbocycles. The summed E-state index contributed by atoms with van der Waals surface area (Å²) in [4.78, 5) is 4.70. The monoisotopic (exact) mass is 392 g/mol. The molecule has 0 amide bonds. The maximum absolute atomic E-state index is 13.0. The van der Waals surface area contributed by atoms with E-state index in [1.54, 1.807) is 20.0 Å². The number of para-hydroxylation sites is 1. The molecule has 26 heavy (non-hydrogen) atoms. The molecule has 3 aromatic rings. The second-order valence-electron chi connectivity index (χ2n) is 5.81. The Balaban J connectivity index is 1.94. The van der Waals surface area contributed by atoms with Crippen molar-refractivity contribution in [3.63, 3.8) is 0 Å². The zero-order valence-electron chi connectivity index (χ0n) is 15.0. The molecule has 0 aliphatic rings. The van der Waals surface area contributed by atoms with Crippen LogP contribution in [0.25, 0.3) is 10.2 Å². The van der Waals surface area contributed by atoms with Crippen molar-refractivity contribution in [2.24, 2.45) is 0 Å². The summed E-state index contributed by atoms with van der Waals surface area (Å²) in [6.07, 6.45) is 0. The minimum atomic E-state index is -3.70. The molecule has 0 saturated heterocycles. The molecular weight excluding hydrogens is 372 g/mol. The van der Waals surface area contributed by atoms with Crippen molar-refractivity contribution in [1.82, 2.24) is 9.29 Å². The molecule has 0 radical (unpaired) electrons. The zero-order valence-corrected chi connectivity index (χ0v) is 16.6. The number of nitrogens with zero attached hydrogens (tertiary/aromatic N) is 2. The van der Waals surface area contributed by atoms with Gasteiger partial charge in [0.05, 0.1) is 35.9 Å². The van der Waals surface area contributed by atoms with Gasteiger partial charge in [-0.3, -0.25) is 0 Å². The minimum absolute atomic E-state index is 0.193. The Bertz CT molecular complexity index is 1010. The Morgan fingerprint density at radius 3 is 2.42 bits per heavy atom. The van der Waals surface area contributed by atoms with Crippen LogP contribution in [0, 0.1) is 6.92 Å². The quantitative estimate of drug-likeness (QED) is 0.643. The number of methoxy groups -OCH3 is 2. The highest BCUT2D eigenvalue weighted by Crippen LogP contribution is 2.34. The Hall–Kier alpha value is -2.16. The fourth-order valence-electron chi connectivity index (χ4n) is 2.67. The van der Waals surface area contributed by atoms with E-state index in [1.807, 2.05) is 24.3 Å². The number of hydrogen-bond donors (Lipinski definition) is 0. The standard InChI is InChI=1S/C18H20N2O4S2/c1-12-9-14(23-3)15(24-4)10-17(12)26(21,22)20(2)11-18-19-13-7-5-6-8-16(13)25-18/h5-10H,11H2,1-4H3. The molecular formula is C18H20N2O4S2. The number of thiazole rings is 1. The number of aryl methyl sites for hydroxylation is 1. The van der Waals surface area contributed by atoms with Crippen molar-refractivity contribution in [2.75, 3.05) is 21.3 Å². The summed E-state index contributed by atoms with van der Waals surface area (Å²) in [5.74, 6) is 0.878. The molecule has 0 aliphatic carbocycles. The van der Waals surface area contributed by atoms with Gasteiger partial charge in [0.15, 0.2) is 11.5 Å². The lowest BCUT2D eigenvalue weighted by Crippen LogP contribution is -2.27. The second kappa shape index (κ2) is 7.22. The van der Waals surface area contributed by atoms with Crippen LogP contribution in [0.5, 0.6) is 11.5 Å². The van der Waals surface area contributed by atoms with Gasteiger partial charge in [0.25, 0.3) is 0 Å². The molecule has 138 valence electrons. The summed E-state index contributed by atoms with van der Waals surface area (Å²) < 4.78 is 38.9. The van der Waals surface area contributed by atoms with E-state index in [4.69, 9.17) is 9.47 Å². The van der Waals surface area contributed by atoms with Gasteiger partial charge < -0.3 is 9.47 Å². The van der Waals surface area contributed by atoms with Crippen molar-refractivity contribution < 1.29 is 17.9 Å². The number of rotatable bonds is 6. The largest absolute Gasteiger partial charge is 0.493 e. The first kappa shape index (κ1) is 18.6. The van der Waals surface area contributed by atoms with Crippen molar-refractivity contribution in [3.8, 4) is 11.5 Å².